The predicted molar refractivity (Wildman–Crippen MR) is 112 cm³/mol. The van der Waals surface area contributed by atoms with Crippen LogP contribution in [0.2, 0.25) is 10.0 Å². The summed E-state index contributed by atoms with van der Waals surface area (Å²) in [6, 6.07) is 11.7. The maximum Gasteiger partial charge on any atom is 0.239 e. The molecule has 2 aromatic rings. The van der Waals surface area contributed by atoms with Crippen LogP contribution in [0.3, 0.4) is 0 Å². The molecular formula is C21H17Cl3N2O2. The molecule has 1 spiro atoms. The first kappa shape index (κ1) is 19.3. The third kappa shape index (κ3) is 2.66. The van der Waals surface area contributed by atoms with E-state index in [-0.39, 0.29) is 11.8 Å². The Morgan fingerprint density at radius 2 is 1.82 bits per heavy atom. The van der Waals surface area contributed by atoms with E-state index in [1.165, 1.54) is 0 Å². The molecule has 2 aliphatic heterocycles. The van der Waals surface area contributed by atoms with Crippen molar-refractivity contribution in [3.63, 3.8) is 0 Å². The van der Waals surface area contributed by atoms with Gasteiger partial charge in [-0.05, 0) is 42.3 Å². The van der Waals surface area contributed by atoms with E-state index in [4.69, 9.17) is 34.8 Å². The number of rotatable bonds is 2. The number of halogens is 3. The molecule has 2 aromatic carbocycles. The second-order valence-corrected chi connectivity index (χ2v) is 8.58. The lowest BCUT2D eigenvalue weighted by molar-refractivity contribution is -0.130. The number of carbonyl (C=O) groups excluding carboxylic acids is 2. The van der Waals surface area contributed by atoms with Crippen molar-refractivity contribution in [1.82, 2.24) is 5.32 Å². The number of carbonyl (C=O) groups is 2. The molecule has 2 N–H and O–H groups in total. The van der Waals surface area contributed by atoms with Gasteiger partial charge in [-0.1, -0.05) is 53.6 Å². The Morgan fingerprint density at radius 3 is 2.50 bits per heavy atom. The molecule has 2 aliphatic rings. The van der Waals surface area contributed by atoms with Crippen LogP contribution < -0.4 is 10.6 Å². The molecule has 28 heavy (non-hydrogen) atoms. The smallest absolute Gasteiger partial charge is 0.239 e. The number of hydrogen-bond donors (Lipinski definition) is 2. The fourth-order valence-electron chi connectivity index (χ4n) is 4.47. The van der Waals surface area contributed by atoms with E-state index < -0.39 is 22.8 Å². The van der Waals surface area contributed by atoms with Gasteiger partial charge in [-0.25, -0.2) is 0 Å². The van der Waals surface area contributed by atoms with Crippen LogP contribution in [0.25, 0.3) is 0 Å². The molecule has 0 aromatic heterocycles. The highest BCUT2D eigenvalue weighted by Crippen LogP contribution is 2.55. The van der Waals surface area contributed by atoms with E-state index in [1.54, 1.807) is 37.3 Å². The van der Waals surface area contributed by atoms with Crippen LogP contribution in [0.1, 0.15) is 24.0 Å². The molecule has 0 saturated carbocycles. The molecule has 0 aliphatic carbocycles. The summed E-state index contributed by atoms with van der Waals surface area (Å²) in [6.07, 6.45) is 0. The van der Waals surface area contributed by atoms with Gasteiger partial charge in [-0.15, -0.1) is 11.6 Å². The minimum Gasteiger partial charge on any atom is -0.347 e. The lowest BCUT2D eigenvalue weighted by Gasteiger charge is -2.48. The standard InChI is InChI=1S/C21H17Cl3N2O2/c1-10(2)18-21(14-7-6-13(23)9-15(14)25-20(21)28)16(17(24)19(27)26-18)11-4-3-5-12(22)8-11/h3-9,16-18H,1H2,2H3,(H,25,28)(H,26,27). The third-order valence-electron chi connectivity index (χ3n) is 5.53. The van der Waals surface area contributed by atoms with Crippen LogP contribution in [-0.2, 0) is 15.0 Å². The van der Waals surface area contributed by atoms with E-state index >= 15 is 0 Å². The molecule has 144 valence electrons. The SMILES string of the molecule is C=C(C)C1NC(=O)C(Cl)C(c2cccc(Cl)c2)C12C(=O)Nc1cc(Cl)ccc12. The Bertz CT molecular complexity index is 1020. The highest BCUT2D eigenvalue weighted by molar-refractivity contribution is 6.33. The van der Waals surface area contributed by atoms with E-state index in [9.17, 15) is 9.59 Å². The first-order valence-corrected chi connectivity index (χ1v) is 9.93. The molecule has 2 heterocycles. The number of fused-ring (bicyclic) bond motifs is 2. The second-order valence-electron chi connectivity index (χ2n) is 7.24. The van der Waals surface area contributed by atoms with Crippen LogP contribution in [-0.4, -0.2) is 23.2 Å². The number of piperidine rings is 1. The molecule has 0 bridgehead atoms. The van der Waals surface area contributed by atoms with E-state index in [1.807, 2.05) is 12.1 Å². The maximum atomic E-state index is 13.5. The number of hydrogen-bond acceptors (Lipinski definition) is 2. The summed E-state index contributed by atoms with van der Waals surface area (Å²) in [5.74, 6) is -1.25. The molecule has 0 radical (unpaired) electrons. The second kappa shape index (κ2) is 6.80. The Kier molecular flexibility index (Phi) is 4.69. The van der Waals surface area contributed by atoms with Gasteiger partial charge in [0.25, 0.3) is 0 Å². The zero-order valence-electron chi connectivity index (χ0n) is 14.9. The molecule has 4 unspecified atom stereocenters. The Balaban J connectivity index is 2.05. The minimum atomic E-state index is -1.17. The van der Waals surface area contributed by atoms with E-state index in [2.05, 4.69) is 17.2 Å². The number of benzene rings is 2. The largest absolute Gasteiger partial charge is 0.347 e. The summed E-state index contributed by atoms with van der Waals surface area (Å²) >= 11 is 19.0. The van der Waals surface area contributed by atoms with Gasteiger partial charge in [0, 0.05) is 21.7 Å². The molecule has 4 atom stereocenters. The van der Waals surface area contributed by atoms with Gasteiger partial charge in [-0.2, -0.15) is 0 Å². The summed E-state index contributed by atoms with van der Waals surface area (Å²) in [7, 11) is 0. The molecule has 1 fully saturated rings. The van der Waals surface area contributed by atoms with Gasteiger partial charge < -0.3 is 10.6 Å². The van der Waals surface area contributed by atoms with Crippen molar-refractivity contribution in [3.05, 3.63) is 75.8 Å². The monoisotopic (exact) mass is 434 g/mol. The van der Waals surface area contributed by atoms with Crippen molar-refractivity contribution < 1.29 is 9.59 Å². The van der Waals surface area contributed by atoms with Crippen LogP contribution in [0, 0.1) is 0 Å². The van der Waals surface area contributed by atoms with Gasteiger partial charge in [0.1, 0.15) is 10.8 Å². The van der Waals surface area contributed by atoms with Gasteiger partial charge in [0.15, 0.2) is 0 Å². The van der Waals surface area contributed by atoms with Gasteiger partial charge in [0.05, 0.1) is 6.04 Å². The fraction of sp³-hybridized carbons (Fsp3) is 0.238. The zero-order valence-corrected chi connectivity index (χ0v) is 17.2. The molecule has 4 rings (SSSR count). The summed E-state index contributed by atoms with van der Waals surface area (Å²) in [5, 5.41) is 5.86. The van der Waals surface area contributed by atoms with Gasteiger partial charge in [-0.3, -0.25) is 9.59 Å². The summed E-state index contributed by atoms with van der Waals surface area (Å²) in [4.78, 5) is 26.2. The topological polar surface area (TPSA) is 58.2 Å². The zero-order chi connectivity index (χ0) is 20.2. The quantitative estimate of drug-likeness (QED) is 0.533. The van der Waals surface area contributed by atoms with Crippen molar-refractivity contribution >= 4 is 52.3 Å². The Morgan fingerprint density at radius 1 is 1.11 bits per heavy atom. The molecular weight excluding hydrogens is 419 g/mol. The highest BCUT2D eigenvalue weighted by Gasteiger charge is 2.63. The van der Waals surface area contributed by atoms with E-state index in [0.29, 0.717) is 26.9 Å². The lowest BCUT2D eigenvalue weighted by Crippen LogP contribution is -2.66. The van der Waals surface area contributed by atoms with Crippen LogP contribution in [0.5, 0.6) is 0 Å². The maximum absolute atomic E-state index is 13.5. The van der Waals surface area contributed by atoms with Gasteiger partial charge in [0.2, 0.25) is 11.8 Å². The van der Waals surface area contributed by atoms with Crippen molar-refractivity contribution in [2.24, 2.45) is 0 Å². The molecule has 2 amide bonds. The average molecular weight is 436 g/mol. The Hall–Kier alpha value is -2.01. The molecule has 1 saturated heterocycles. The number of anilines is 1. The summed E-state index contributed by atoms with van der Waals surface area (Å²) in [6.45, 7) is 5.83. The Labute approximate surface area is 177 Å². The van der Waals surface area contributed by atoms with Gasteiger partial charge >= 0.3 is 0 Å². The highest BCUT2D eigenvalue weighted by atomic mass is 35.5. The predicted octanol–water partition coefficient (Wildman–Crippen LogP) is 4.65. The minimum absolute atomic E-state index is 0.256. The number of amides is 2. The van der Waals surface area contributed by atoms with Crippen molar-refractivity contribution in [1.29, 1.82) is 0 Å². The third-order valence-corrected chi connectivity index (χ3v) is 6.45. The average Bonchev–Trinajstić information content (AvgIpc) is 2.90. The molecule has 7 heteroatoms. The summed E-state index contributed by atoms with van der Waals surface area (Å²) < 4.78 is 0. The van der Waals surface area contributed by atoms with Crippen molar-refractivity contribution in [2.75, 3.05) is 5.32 Å². The van der Waals surface area contributed by atoms with Crippen molar-refractivity contribution in [3.8, 4) is 0 Å². The fourth-order valence-corrected chi connectivity index (χ4v) is 5.24. The van der Waals surface area contributed by atoms with Crippen LogP contribution >= 0.6 is 34.8 Å². The van der Waals surface area contributed by atoms with E-state index in [0.717, 1.165) is 5.56 Å². The normalized spacial score (nSPS) is 28.6. The first-order valence-electron chi connectivity index (χ1n) is 8.73. The molecule has 4 nitrogen and oxygen atoms in total. The van der Waals surface area contributed by atoms with Crippen LogP contribution in [0.15, 0.2) is 54.6 Å². The van der Waals surface area contributed by atoms with Crippen LogP contribution in [0.4, 0.5) is 5.69 Å². The lowest BCUT2D eigenvalue weighted by atomic mass is 9.59. The van der Waals surface area contributed by atoms with Crippen molar-refractivity contribution in [2.45, 2.75) is 29.7 Å². The summed E-state index contributed by atoms with van der Waals surface area (Å²) in [5.41, 5.74) is 1.53. The first-order chi connectivity index (χ1) is 13.3. The number of alkyl halides is 1. The number of nitrogens with one attached hydrogen (secondary N) is 2.